The van der Waals surface area contributed by atoms with Crippen LogP contribution in [-0.4, -0.2) is 67.9 Å². The summed E-state index contributed by atoms with van der Waals surface area (Å²) in [4.78, 5) is 15.8. The lowest BCUT2D eigenvalue weighted by molar-refractivity contribution is -0.138. The summed E-state index contributed by atoms with van der Waals surface area (Å²) in [7, 11) is 1.44. The number of aromatic carboxylic acids is 1. The first-order valence-electron chi connectivity index (χ1n) is 15.4. The number of carboxylic acids is 1. The molecule has 2 aromatic carbocycles. The van der Waals surface area contributed by atoms with Crippen molar-refractivity contribution in [1.29, 1.82) is 0 Å². The fraction of sp³-hybridized carbons (Fsp3) is 0.394. The van der Waals surface area contributed by atoms with Crippen LogP contribution in [0.1, 0.15) is 52.4 Å². The van der Waals surface area contributed by atoms with Gasteiger partial charge in [-0.05, 0) is 79.3 Å². The van der Waals surface area contributed by atoms with E-state index in [-0.39, 0.29) is 54.9 Å². The van der Waals surface area contributed by atoms with Gasteiger partial charge in [-0.2, -0.15) is 44.3 Å². The average molecular weight is 733 g/mol. The minimum atomic E-state index is -5.13. The number of alkyl halides is 9. The smallest absolute Gasteiger partial charge is 0.416 e. The van der Waals surface area contributed by atoms with E-state index in [9.17, 15) is 54.5 Å². The van der Waals surface area contributed by atoms with E-state index < -0.39 is 53.0 Å². The van der Waals surface area contributed by atoms with Crippen molar-refractivity contribution >= 4 is 17.6 Å². The quantitative estimate of drug-likeness (QED) is 0.170. The van der Waals surface area contributed by atoms with Gasteiger partial charge in [0, 0.05) is 31.4 Å². The summed E-state index contributed by atoms with van der Waals surface area (Å²) in [6.07, 6.45) is -12.2. The third-order valence-corrected chi connectivity index (χ3v) is 8.23. The monoisotopic (exact) mass is 732 g/mol. The van der Waals surface area contributed by atoms with E-state index in [0.29, 0.717) is 36.1 Å². The van der Waals surface area contributed by atoms with Crippen LogP contribution in [-0.2, 0) is 26.2 Å². The lowest BCUT2D eigenvalue weighted by atomic mass is 9.92. The summed E-state index contributed by atoms with van der Waals surface area (Å²) in [5.74, 6) is -1.90. The standard InChI is InChI=1S/C33H33F9N6O3/c1-4-22(31(34,35)36)16-23(32(37,38)39)7-5-12-48(30-43-45-46(3)44-30)24-8-6-11-47(18-20-9-10-28(49)25(14-20)29(50)51)27-17-26(33(40,41)42)19(2)13-21(27)15-24/h4-5,7,9-10,13-14,16-17,24,49H,6,8,11-12,15,18H2,1-3H3,(H,50,51)/b7-5+,22-4+,23-16+. The molecule has 51 heavy (non-hydrogen) atoms. The minimum Gasteiger partial charge on any atom is -0.507 e. The van der Waals surface area contributed by atoms with Crippen LogP contribution in [0.15, 0.2) is 65.8 Å². The van der Waals surface area contributed by atoms with E-state index >= 15 is 0 Å². The van der Waals surface area contributed by atoms with Gasteiger partial charge in [-0.25, -0.2) is 4.79 Å². The third kappa shape index (κ3) is 9.61. The Kier molecular flexibility index (Phi) is 11.5. The van der Waals surface area contributed by atoms with Gasteiger partial charge in [0.1, 0.15) is 11.3 Å². The molecule has 0 aliphatic carbocycles. The van der Waals surface area contributed by atoms with Gasteiger partial charge >= 0.3 is 24.5 Å². The molecule has 0 amide bonds. The van der Waals surface area contributed by atoms with Gasteiger partial charge in [-0.3, -0.25) is 0 Å². The van der Waals surface area contributed by atoms with Crippen molar-refractivity contribution in [3.05, 3.63) is 93.6 Å². The average Bonchev–Trinajstić information content (AvgIpc) is 3.43. The second-order valence-electron chi connectivity index (χ2n) is 11.8. The lowest BCUT2D eigenvalue weighted by Crippen LogP contribution is -2.41. The van der Waals surface area contributed by atoms with Crippen molar-refractivity contribution in [2.24, 2.45) is 7.05 Å². The number of fused-ring (bicyclic) bond motifs is 1. The molecule has 0 bridgehead atoms. The van der Waals surface area contributed by atoms with E-state index in [2.05, 4.69) is 15.4 Å². The molecular weight excluding hydrogens is 699 g/mol. The molecule has 1 atom stereocenters. The van der Waals surface area contributed by atoms with Crippen LogP contribution < -0.4 is 9.80 Å². The van der Waals surface area contributed by atoms with E-state index in [1.807, 2.05) is 0 Å². The van der Waals surface area contributed by atoms with Gasteiger partial charge in [0.2, 0.25) is 0 Å². The first-order chi connectivity index (χ1) is 23.7. The highest BCUT2D eigenvalue weighted by Gasteiger charge is 2.38. The molecule has 0 fully saturated rings. The Morgan fingerprint density at radius 2 is 1.73 bits per heavy atom. The molecule has 1 aliphatic rings. The molecule has 0 spiro atoms. The van der Waals surface area contributed by atoms with Crippen LogP contribution in [0.4, 0.5) is 51.1 Å². The maximum atomic E-state index is 14.1. The molecule has 0 radical (unpaired) electrons. The largest absolute Gasteiger partial charge is 0.507 e. The highest BCUT2D eigenvalue weighted by molar-refractivity contribution is 5.91. The van der Waals surface area contributed by atoms with Crippen molar-refractivity contribution in [2.75, 3.05) is 22.9 Å². The maximum Gasteiger partial charge on any atom is 0.416 e. The van der Waals surface area contributed by atoms with Gasteiger partial charge in [-0.15, -0.1) is 5.10 Å². The first-order valence-corrected chi connectivity index (χ1v) is 15.4. The number of anilines is 2. The third-order valence-electron chi connectivity index (χ3n) is 8.23. The summed E-state index contributed by atoms with van der Waals surface area (Å²) in [6.45, 7) is 2.06. The summed E-state index contributed by atoms with van der Waals surface area (Å²) in [6, 6.07) is 5.59. The first kappa shape index (κ1) is 38.8. The van der Waals surface area contributed by atoms with Crippen LogP contribution in [0.25, 0.3) is 0 Å². The number of rotatable bonds is 9. The Morgan fingerprint density at radius 1 is 1.04 bits per heavy atom. The number of hydrogen-bond acceptors (Lipinski definition) is 7. The van der Waals surface area contributed by atoms with Crippen molar-refractivity contribution in [3.63, 3.8) is 0 Å². The van der Waals surface area contributed by atoms with Crippen LogP contribution in [0.5, 0.6) is 5.75 Å². The molecule has 0 saturated heterocycles. The van der Waals surface area contributed by atoms with Gasteiger partial charge in [0.25, 0.3) is 5.95 Å². The highest BCUT2D eigenvalue weighted by atomic mass is 19.4. The van der Waals surface area contributed by atoms with Crippen LogP contribution in [0, 0.1) is 6.92 Å². The Morgan fingerprint density at radius 3 is 2.29 bits per heavy atom. The molecule has 3 aromatic rings. The number of phenols is 1. The van der Waals surface area contributed by atoms with E-state index in [4.69, 9.17) is 0 Å². The van der Waals surface area contributed by atoms with E-state index in [0.717, 1.165) is 23.9 Å². The molecule has 2 N–H and O–H groups in total. The number of hydrogen-bond donors (Lipinski definition) is 2. The SMILES string of the molecule is C\C=C(/C=C(\C=C\CN(c1nnn(C)n1)C1CCCN(Cc2ccc(O)c(C(=O)O)c2)c2cc(C(F)(F)F)c(C)cc2C1)C(F)(F)F)C(F)(F)F. The number of benzene rings is 2. The zero-order chi connectivity index (χ0) is 37.9. The number of aryl methyl sites for hydroxylation is 2. The Labute approximate surface area is 286 Å². The molecule has 2 heterocycles. The van der Waals surface area contributed by atoms with E-state index in [1.54, 1.807) is 4.90 Å². The molecule has 1 aromatic heterocycles. The number of aromatic nitrogens is 4. The molecular formula is C33H33F9N6O3. The normalized spacial score (nSPS) is 16.6. The molecule has 4 rings (SSSR count). The minimum absolute atomic E-state index is 0.00339. The Bertz CT molecular complexity index is 1830. The number of tetrazole rings is 1. The van der Waals surface area contributed by atoms with E-state index in [1.165, 1.54) is 43.1 Å². The van der Waals surface area contributed by atoms with Crippen LogP contribution in [0.3, 0.4) is 0 Å². The fourth-order valence-corrected chi connectivity index (χ4v) is 5.81. The number of carboxylic acid groups (broad SMARTS) is 1. The Hall–Kier alpha value is -5.03. The summed E-state index contributed by atoms with van der Waals surface area (Å²) < 4.78 is 124. The molecule has 276 valence electrons. The number of halogens is 9. The maximum absolute atomic E-state index is 14.1. The molecule has 0 saturated carbocycles. The van der Waals surface area contributed by atoms with Crippen LogP contribution in [0.2, 0.25) is 0 Å². The number of nitrogens with zero attached hydrogens (tertiary/aromatic N) is 6. The second-order valence-corrected chi connectivity index (χ2v) is 11.8. The predicted octanol–water partition coefficient (Wildman–Crippen LogP) is 7.71. The summed E-state index contributed by atoms with van der Waals surface area (Å²) in [5.41, 5.74) is -3.42. The molecule has 9 nitrogen and oxygen atoms in total. The van der Waals surface area contributed by atoms with Gasteiger partial charge in [0.15, 0.2) is 0 Å². The zero-order valence-electron chi connectivity index (χ0n) is 27.4. The number of aromatic hydroxyl groups is 1. The van der Waals surface area contributed by atoms with Crippen molar-refractivity contribution in [2.45, 2.75) is 64.2 Å². The highest BCUT2D eigenvalue weighted by Crippen LogP contribution is 2.39. The molecule has 1 unspecified atom stereocenters. The van der Waals surface area contributed by atoms with Gasteiger partial charge in [-0.1, -0.05) is 35.5 Å². The van der Waals surface area contributed by atoms with Crippen molar-refractivity contribution < 1.29 is 54.5 Å². The van der Waals surface area contributed by atoms with Crippen LogP contribution >= 0.6 is 0 Å². The molecule has 18 heteroatoms. The fourth-order valence-electron chi connectivity index (χ4n) is 5.81. The van der Waals surface area contributed by atoms with Crippen molar-refractivity contribution in [1.82, 2.24) is 20.2 Å². The second kappa shape index (κ2) is 15.1. The summed E-state index contributed by atoms with van der Waals surface area (Å²) >= 11 is 0. The molecule has 1 aliphatic heterocycles. The summed E-state index contributed by atoms with van der Waals surface area (Å²) in [5, 5.41) is 31.3. The zero-order valence-corrected chi connectivity index (χ0v) is 27.4. The predicted molar refractivity (Wildman–Crippen MR) is 168 cm³/mol. The lowest BCUT2D eigenvalue weighted by Gasteiger charge is -2.36. The number of carbonyl (C=O) groups is 1. The Balaban J connectivity index is 1.76. The van der Waals surface area contributed by atoms with Gasteiger partial charge < -0.3 is 20.0 Å². The number of allylic oxidation sites excluding steroid dienone is 5. The van der Waals surface area contributed by atoms with Gasteiger partial charge in [0.05, 0.1) is 23.8 Å². The topological polar surface area (TPSA) is 108 Å². The van der Waals surface area contributed by atoms with Crippen molar-refractivity contribution in [3.8, 4) is 5.75 Å².